The maximum atomic E-state index is 12.9. The predicted octanol–water partition coefficient (Wildman–Crippen LogP) is 3.76. The molecule has 0 bridgehead atoms. The Balaban J connectivity index is 1.89. The van der Waals surface area contributed by atoms with Crippen molar-refractivity contribution in [2.45, 2.75) is 26.4 Å². The van der Waals surface area contributed by atoms with Crippen LogP contribution in [-0.2, 0) is 4.79 Å². The monoisotopic (exact) mass is 401 g/mol. The molecule has 3 rings (SSSR count). The van der Waals surface area contributed by atoms with E-state index in [9.17, 15) is 14.4 Å². The molecule has 7 heteroatoms. The Morgan fingerprint density at radius 2 is 1.93 bits per heavy atom. The zero-order chi connectivity index (χ0) is 20.3. The highest BCUT2D eigenvalue weighted by Gasteiger charge is 2.36. The van der Waals surface area contributed by atoms with Crippen molar-refractivity contribution in [3.63, 3.8) is 0 Å². The van der Waals surface area contributed by atoms with Crippen molar-refractivity contribution in [1.82, 2.24) is 4.90 Å². The van der Waals surface area contributed by atoms with E-state index < -0.39 is 30.2 Å². The van der Waals surface area contributed by atoms with Gasteiger partial charge in [0.05, 0.1) is 23.7 Å². The summed E-state index contributed by atoms with van der Waals surface area (Å²) < 4.78 is 11.1. The molecule has 0 radical (unpaired) electrons. The summed E-state index contributed by atoms with van der Waals surface area (Å²) in [6.07, 6.45) is -0.454. The molecule has 0 fully saturated rings. The average molecular weight is 402 g/mol. The highest BCUT2D eigenvalue weighted by Crippen LogP contribution is 2.28. The van der Waals surface area contributed by atoms with E-state index in [-0.39, 0.29) is 5.56 Å². The van der Waals surface area contributed by atoms with Gasteiger partial charge in [-0.3, -0.25) is 19.3 Å². The Labute approximate surface area is 168 Å². The molecule has 0 aromatic heterocycles. The Bertz CT molecular complexity index is 927. The van der Waals surface area contributed by atoms with E-state index >= 15 is 0 Å². The molecular weight excluding hydrogens is 382 g/mol. The standard InChI is InChI=1S/C21H20ClNO5/c1-3-17-21(26)23(20(25)14-7-5-6-8-18(14)28-17)12-16(24)13-9-10-19(27-4-2)15(22)11-13/h5-11,17H,3-4,12H2,1-2H3/t17-/m0/s1. The van der Waals surface area contributed by atoms with Crippen LogP contribution in [0.25, 0.3) is 0 Å². The van der Waals surface area contributed by atoms with E-state index in [0.717, 1.165) is 4.90 Å². The molecule has 0 saturated carbocycles. The summed E-state index contributed by atoms with van der Waals surface area (Å²) in [5.41, 5.74) is 0.546. The summed E-state index contributed by atoms with van der Waals surface area (Å²) in [7, 11) is 0. The van der Waals surface area contributed by atoms with Crippen LogP contribution in [0.5, 0.6) is 11.5 Å². The van der Waals surface area contributed by atoms with Crippen molar-refractivity contribution >= 4 is 29.2 Å². The molecule has 1 aliphatic rings. The quantitative estimate of drug-likeness (QED) is 0.544. The largest absolute Gasteiger partial charge is 0.492 e. The molecule has 2 amide bonds. The third-order valence-electron chi connectivity index (χ3n) is 4.40. The summed E-state index contributed by atoms with van der Waals surface area (Å²) in [6.45, 7) is 3.67. The van der Waals surface area contributed by atoms with Crippen LogP contribution in [0.4, 0.5) is 0 Å². The number of para-hydroxylation sites is 1. The molecule has 2 aromatic carbocycles. The van der Waals surface area contributed by atoms with Crippen molar-refractivity contribution in [3.05, 3.63) is 58.6 Å². The third kappa shape index (κ3) is 3.87. The molecule has 6 nitrogen and oxygen atoms in total. The highest BCUT2D eigenvalue weighted by molar-refractivity contribution is 6.32. The Hall–Kier alpha value is -2.86. The van der Waals surface area contributed by atoms with Gasteiger partial charge in [0.2, 0.25) is 0 Å². The van der Waals surface area contributed by atoms with Crippen LogP contribution in [0.15, 0.2) is 42.5 Å². The number of carbonyl (C=O) groups excluding carboxylic acids is 3. The number of carbonyl (C=O) groups is 3. The second-order valence-corrected chi connectivity index (χ2v) is 6.65. The number of imide groups is 1. The summed E-state index contributed by atoms with van der Waals surface area (Å²) >= 11 is 6.15. The van der Waals surface area contributed by atoms with Gasteiger partial charge in [-0.2, -0.15) is 0 Å². The Morgan fingerprint density at radius 1 is 1.18 bits per heavy atom. The number of hydrogen-bond acceptors (Lipinski definition) is 5. The molecule has 28 heavy (non-hydrogen) atoms. The van der Waals surface area contributed by atoms with Gasteiger partial charge in [-0.15, -0.1) is 0 Å². The lowest BCUT2D eigenvalue weighted by Crippen LogP contribution is -2.45. The summed E-state index contributed by atoms with van der Waals surface area (Å²) in [5, 5.41) is 0.293. The fraction of sp³-hybridized carbons (Fsp3) is 0.286. The molecule has 1 heterocycles. The van der Waals surface area contributed by atoms with Gasteiger partial charge < -0.3 is 9.47 Å². The third-order valence-corrected chi connectivity index (χ3v) is 4.69. The van der Waals surface area contributed by atoms with Gasteiger partial charge in [-0.05, 0) is 43.7 Å². The summed E-state index contributed by atoms with van der Waals surface area (Å²) in [4.78, 5) is 39.4. The first-order valence-electron chi connectivity index (χ1n) is 9.03. The van der Waals surface area contributed by atoms with Crippen LogP contribution >= 0.6 is 11.6 Å². The minimum absolute atomic E-state index is 0.254. The lowest BCUT2D eigenvalue weighted by atomic mass is 10.1. The first-order chi connectivity index (χ1) is 13.5. The average Bonchev–Trinajstić information content (AvgIpc) is 2.79. The molecule has 2 aromatic rings. The van der Waals surface area contributed by atoms with Gasteiger partial charge in [-0.25, -0.2) is 0 Å². The van der Waals surface area contributed by atoms with E-state index in [4.69, 9.17) is 21.1 Å². The summed E-state index contributed by atoms with van der Waals surface area (Å²) in [6, 6.07) is 11.3. The second kappa shape index (κ2) is 8.44. The van der Waals surface area contributed by atoms with Crippen molar-refractivity contribution in [2.75, 3.05) is 13.2 Å². The fourth-order valence-electron chi connectivity index (χ4n) is 2.96. The first kappa shape index (κ1) is 19.9. The van der Waals surface area contributed by atoms with Crippen LogP contribution in [0.2, 0.25) is 5.02 Å². The van der Waals surface area contributed by atoms with E-state index in [1.165, 1.54) is 6.07 Å². The molecule has 0 aliphatic carbocycles. The lowest BCUT2D eigenvalue weighted by Gasteiger charge is -2.21. The minimum atomic E-state index is -0.829. The van der Waals surface area contributed by atoms with Crippen LogP contribution in [0.1, 0.15) is 41.0 Å². The number of benzene rings is 2. The van der Waals surface area contributed by atoms with Crippen molar-refractivity contribution in [3.8, 4) is 11.5 Å². The number of halogens is 1. The van der Waals surface area contributed by atoms with Gasteiger partial charge in [0, 0.05) is 5.56 Å². The fourth-order valence-corrected chi connectivity index (χ4v) is 3.19. The molecule has 0 unspecified atom stereocenters. The van der Waals surface area contributed by atoms with Crippen molar-refractivity contribution in [1.29, 1.82) is 0 Å². The van der Waals surface area contributed by atoms with Crippen molar-refractivity contribution in [2.24, 2.45) is 0 Å². The SMILES string of the molecule is CCOc1ccc(C(=O)CN2C(=O)c3ccccc3O[C@@H](CC)C2=O)cc1Cl. The maximum Gasteiger partial charge on any atom is 0.270 e. The topological polar surface area (TPSA) is 72.9 Å². The van der Waals surface area contributed by atoms with Gasteiger partial charge in [0.1, 0.15) is 11.5 Å². The number of rotatable bonds is 6. The summed E-state index contributed by atoms with van der Waals surface area (Å²) in [5.74, 6) is -0.681. The maximum absolute atomic E-state index is 12.9. The van der Waals surface area contributed by atoms with Gasteiger partial charge in [0.25, 0.3) is 11.8 Å². The number of amides is 2. The van der Waals surface area contributed by atoms with Crippen LogP contribution in [-0.4, -0.2) is 41.8 Å². The molecule has 0 saturated heterocycles. The van der Waals surface area contributed by atoms with E-state index in [0.29, 0.717) is 35.1 Å². The Morgan fingerprint density at radius 3 is 2.61 bits per heavy atom. The molecule has 0 N–H and O–H groups in total. The number of hydrogen-bond donors (Lipinski definition) is 0. The van der Waals surface area contributed by atoms with E-state index in [1.807, 2.05) is 6.92 Å². The molecule has 1 atom stereocenters. The van der Waals surface area contributed by atoms with Gasteiger partial charge in [-0.1, -0.05) is 30.7 Å². The number of ketones is 1. The zero-order valence-electron chi connectivity index (χ0n) is 15.6. The molecule has 146 valence electrons. The van der Waals surface area contributed by atoms with E-state index in [2.05, 4.69) is 0 Å². The highest BCUT2D eigenvalue weighted by atomic mass is 35.5. The van der Waals surface area contributed by atoms with Gasteiger partial charge in [0.15, 0.2) is 11.9 Å². The van der Waals surface area contributed by atoms with Crippen LogP contribution in [0.3, 0.4) is 0 Å². The molecular formula is C21H20ClNO5. The number of fused-ring (bicyclic) bond motifs is 1. The number of nitrogens with zero attached hydrogens (tertiary/aromatic N) is 1. The minimum Gasteiger partial charge on any atom is -0.492 e. The van der Waals surface area contributed by atoms with Crippen LogP contribution in [0, 0.1) is 0 Å². The predicted molar refractivity (Wildman–Crippen MR) is 104 cm³/mol. The number of ether oxygens (including phenoxy) is 2. The lowest BCUT2D eigenvalue weighted by molar-refractivity contribution is -0.135. The zero-order valence-corrected chi connectivity index (χ0v) is 16.4. The molecule has 1 aliphatic heterocycles. The van der Waals surface area contributed by atoms with E-state index in [1.54, 1.807) is 43.3 Å². The van der Waals surface area contributed by atoms with Crippen LogP contribution < -0.4 is 9.47 Å². The number of Topliss-reactive ketones (excluding diaryl/α,β-unsaturated/α-hetero) is 1. The smallest absolute Gasteiger partial charge is 0.270 e. The first-order valence-corrected chi connectivity index (χ1v) is 9.41. The van der Waals surface area contributed by atoms with Gasteiger partial charge >= 0.3 is 0 Å². The molecule has 0 spiro atoms. The second-order valence-electron chi connectivity index (χ2n) is 6.24. The Kier molecular flexibility index (Phi) is 5.99. The van der Waals surface area contributed by atoms with Crippen molar-refractivity contribution < 1.29 is 23.9 Å². The normalized spacial score (nSPS) is 16.2.